The molecule has 2 heterocycles. The van der Waals surface area contributed by atoms with Crippen molar-refractivity contribution in [3.63, 3.8) is 0 Å². The minimum absolute atomic E-state index is 0.173. The largest absolute Gasteiger partial charge is 0.480 e. The molecule has 1 aliphatic rings. The Morgan fingerprint density at radius 2 is 2.44 bits per heavy atom. The van der Waals surface area contributed by atoms with E-state index in [1.54, 1.807) is 10.8 Å². The van der Waals surface area contributed by atoms with Crippen LogP contribution in [0.5, 0.6) is 5.88 Å². The van der Waals surface area contributed by atoms with Crippen LogP contribution >= 0.6 is 22.6 Å². The van der Waals surface area contributed by atoms with Crippen LogP contribution in [0.2, 0.25) is 0 Å². The number of halogens is 1. The van der Waals surface area contributed by atoms with Gasteiger partial charge in [-0.05, 0) is 41.9 Å². The summed E-state index contributed by atoms with van der Waals surface area (Å²) < 4.78 is 12.9. The van der Waals surface area contributed by atoms with E-state index in [1.165, 1.54) is 7.11 Å². The molecule has 1 aromatic rings. The molecular weight excluding hydrogens is 323 g/mol. The molecule has 16 heavy (non-hydrogen) atoms. The van der Waals surface area contributed by atoms with Gasteiger partial charge in [-0.1, -0.05) is 0 Å². The molecule has 0 radical (unpaired) electrons. The van der Waals surface area contributed by atoms with Gasteiger partial charge in [0.25, 0.3) is 0 Å². The Balaban J connectivity index is 2.33. The summed E-state index contributed by atoms with van der Waals surface area (Å²) in [4.78, 5) is 15.6. The summed E-state index contributed by atoms with van der Waals surface area (Å²) in [6.45, 7) is 0.708. The Morgan fingerprint density at radius 1 is 1.62 bits per heavy atom. The van der Waals surface area contributed by atoms with Crippen LogP contribution in [0.25, 0.3) is 0 Å². The lowest BCUT2D eigenvalue weighted by atomic mass is 10.2. The molecule has 5 nitrogen and oxygen atoms in total. The molecule has 0 bridgehead atoms. The first-order chi connectivity index (χ1) is 7.72. The van der Waals surface area contributed by atoms with E-state index in [0.717, 1.165) is 22.8 Å². The SMILES string of the molecule is COc1nc(=O)n([C@@H]2CCCCO2)cc1I. The van der Waals surface area contributed by atoms with Gasteiger partial charge >= 0.3 is 5.69 Å². The lowest BCUT2D eigenvalue weighted by Crippen LogP contribution is -2.30. The monoisotopic (exact) mass is 336 g/mol. The molecular formula is C10H13IN2O3. The predicted octanol–water partition coefficient (Wildman–Crippen LogP) is 1.56. The molecule has 6 heteroatoms. The van der Waals surface area contributed by atoms with Gasteiger partial charge in [-0.15, -0.1) is 0 Å². The van der Waals surface area contributed by atoms with Crippen LogP contribution in [-0.4, -0.2) is 23.3 Å². The molecule has 1 aliphatic heterocycles. The first-order valence-corrected chi connectivity index (χ1v) is 6.24. The van der Waals surface area contributed by atoms with Crippen molar-refractivity contribution in [1.29, 1.82) is 0 Å². The van der Waals surface area contributed by atoms with E-state index in [9.17, 15) is 4.79 Å². The van der Waals surface area contributed by atoms with Crippen molar-refractivity contribution in [3.05, 3.63) is 20.3 Å². The molecule has 88 valence electrons. The molecule has 1 aromatic heterocycles. The van der Waals surface area contributed by atoms with Crippen LogP contribution < -0.4 is 10.4 Å². The highest BCUT2D eigenvalue weighted by molar-refractivity contribution is 14.1. The summed E-state index contributed by atoms with van der Waals surface area (Å²) in [5, 5.41) is 0. The molecule has 0 amide bonds. The number of aromatic nitrogens is 2. The second-order valence-corrected chi connectivity index (χ2v) is 4.77. The molecule has 0 aromatic carbocycles. The zero-order valence-corrected chi connectivity index (χ0v) is 11.1. The molecule has 1 fully saturated rings. The summed E-state index contributed by atoms with van der Waals surface area (Å²) in [6, 6.07) is 0. The Labute approximate surface area is 107 Å². The molecule has 0 saturated carbocycles. The van der Waals surface area contributed by atoms with Gasteiger partial charge in [0, 0.05) is 12.8 Å². The topological polar surface area (TPSA) is 53.3 Å². The zero-order chi connectivity index (χ0) is 11.5. The quantitative estimate of drug-likeness (QED) is 0.769. The summed E-state index contributed by atoms with van der Waals surface area (Å²) in [7, 11) is 1.51. The average molecular weight is 336 g/mol. The summed E-state index contributed by atoms with van der Waals surface area (Å²) in [6.07, 6.45) is 4.58. The third-order valence-electron chi connectivity index (χ3n) is 2.53. The fraction of sp³-hybridized carbons (Fsp3) is 0.600. The highest BCUT2D eigenvalue weighted by Crippen LogP contribution is 2.23. The third-order valence-corrected chi connectivity index (χ3v) is 3.27. The second-order valence-electron chi connectivity index (χ2n) is 3.61. The van der Waals surface area contributed by atoms with Gasteiger partial charge in [0.05, 0.1) is 10.7 Å². The van der Waals surface area contributed by atoms with E-state index >= 15 is 0 Å². The maximum absolute atomic E-state index is 11.7. The van der Waals surface area contributed by atoms with Crippen LogP contribution in [0, 0.1) is 3.57 Å². The Hall–Kier alpha value is -0.630. The van der Waals surface area contributed by atoms with Crippen LogP contribution in [-0.2, 0) is 4.74 Å². The average Bonchev–Trinajstić information content (AvgIpc) is 2.32. The van der Waals surface area contributed by atoms with Gasteiger partial charge in [-0.2, -0.15) is 4.98 Å². The molecule has 0 aliphatic carbocycles. The van der Waals surface area contributed by atoms with Crippen molar-refractivity contribution in [2.75, 3.05) is 13.7 Å². The maximum Gasteiger partial charge on any atom is 0.353 e. The van der Waals surface area contributed by atoms with Crippen LogP contribution in [0.1, 0.15) is 25.5 Å². The number of rotatable bonds is 2. The highest BCUT2D eigenvalue weighted by Gasteiger charge is 2.18. The summed E-state index contributed by atoms with van der Waals surface area (Å²) >= 11 is 2.10. The lowest BCUT2D eigenvalue weighted by Gasteiger charge is -2.24. The Kier molecular flexibility index (Phi) is 3.80. The van der Waals surface area contributed by atoms with Gasteiger partial charge in [0.1, 0.15) is 6.23 Å². The lowest BCUT2D eigenvalue weighted by molar-refractivity contribution is -0.0351. The fourth-order valence-corrected chi connectivity index (χ4v) is 2.36. The Morgan fingerprint density at radius 3 is 3.06 bits per heavy atom. The predicted molar refractivity (Wildman–Crippen MR) is 66.6 cm³/mol. The third kappa shape index (κ3) is 2.37. The molecule has 1 saturated heterocycles. The molecule has 0 N–H and O–H groups in total. The van der Waals surface area contributed by atoms with E-state index in [0.29, 0.717) is 12.5 Å². The summed E-state index contributed by atoms with van der Waals surface area (Å²) in [5.74, 6) is 0.373. The van der Waals surface area contributed by atoms with Crippen molar-refractivity contribution in [3.8, 4) is 5.88 Å². The smallest absolute Gasteiger partial charge is 0.353 e. The number of methoxy groups -OCH3 is 1. The number of ether oxygens (including phenoxy) is 2. The number of hydrogen-bond donors (Lipinski definition) is 0. The van der Waals surface area contributed by atoms with Crippen molar-refractivity contribution in [1.82, 2.24) is 9.55 Å². The normalized spacial score (nSPS) is 20.8. The first-order valence-electron chi connectivity index (χ1n) is 5.16. The summed E-state index contributed by atoms with van der Waals surface area (Å²) in [5.41, 5.74) is -0.316. The Bertz CT molecular complexity index is 427. The minimum Gasteiger partial charge on any atom is -0.480 e. The van der Waals surface area contributed by atoms with Crippen molar-refractivity contribution in [2.24, 2.45) is 0 Å². The fourth-order valence-electron chi connectivity index (χ4n) is 1.72. The van der Waals surface area contributed by atoms with E-state index in [1.807, 2.05) is 0 Å². The molecule has 2 rings (SSSR count). The molecule has 1 atom stereocenters. The molecule has 0 unspecified atom stereocenters. The first kappa shape index (κ1) is 11.8. The van der Waals surface area contributed by atoms with Crippen LogP contribution in [0.3, 0.4) is 0 Å². The standard InChI is InChI=1S/C10H13IN2O3/c1-15-9-7(11)6-13(10(14)12-9)8-4-2-3-5-16-8/h6,8H,2-5H2,1H3/t8-/m0/s1. The van der Waals surface area contributed by atoms with Gasteiger partial charge in [-0.3, -0.25) is 4.57 Å². The van der Waals surface area contributed by atoms with E-state index in [-0.39, 0.29) is 11.9 Å². The van der Waals surface area contributed by atoms with Crippen molar-refractivity contribution >= 4 is 22.6 Å². The van der Waals surface area contributed by atoms with Crippen LogP contribution in [0.15, 0.2) is 11.0 Å². The van der Waals surface area contributed by atoms with Gasteiger partial charge in [0.15, 0.2) is 0 Å². The second kappa shape index (κ2) is 5.13. The van der Waals surface area contributed by atoms with Crippen molar-refractivity contribution in [2.45, 2.75) is 25.5 Å². The van der Waals surface area contributed by atoms with Crippen molar-refractivity contribution < 1.29 is 9.47 Å². The zero-order valence-electron chi connectivity index (χ0n) is 8.98. The maximum atomic E-state index is 11.7. The van der Waals surface area contributed by atoms with E-state index in [2.05, 4.69) is 27.6 Å². The van der Waals surface area contributed by atoms with E-state index < -0.39 is 0 Å². The number of hydrogen-bond acceptors (Lipinski definition) is 4. The van der Waals surface area contributed by atoms with E-state index in [4.69, 9.17) is 9.47 Å². The molecule has 0 spiro atoms. The van der Waals surface area contributed by atoms with Gasteiger partial charge in [0.2, 0.25) is 5.88 Å². The number of nitrogens with zero attached hydrogens (tertiary/aromatic N) is 2. The van der Waals surface area contributed by atoms with Gasteiger partial charge in [-0.25, -0.2) is 4.79 Å². The van der Waals surface area contributed by atoms with Gasteiger partial charge < -0.3 is 9.47 Å². The highest BCUT2D eigenvalue weighted by atomic mass is 127. The minimum atomic E-state index is -0.316. The van der Waals surface area contributed by atoms with Crippen LogP contribution in [0.4, 0.5) is 0 Å².